The lowest BCUT2D eigenvalue weighted by molar-refractivity contribution is 0.440. The third kappa shape index (κ3) is 3.28. The highest BCUT2D eigenvalue weighted by Gasteiger charge is 2.24. The van der Waals surface area contributed by atoms with Gasteiger partial charge in [-0.15, -0.1) is 11.3 Å². The molecule has 0 aliphatic rings. The molecule has 7 heteroatoms. The van der Waals surface area contributed by atoms with Crippen molar-refractivity contribution in [3.8, 4) is 6.07 Å². The Balaban J connectivity index is 3.00. The van der Waals surface area contributed by atoms with Crippen LogP contribution in [0, 0.1) is 24.2 Å². The van der Waals surface area contributed by atoms with Crippen molar-refractivity contribution in [1.29, 1.82) is 5.26 Å². The minimum atomic E-state index is -3.48. The molecule has 0 aliphatic heterocycles. The molecule has 17 heavy (non-hydrogen) atoms. The first-order valence-electron chi connectivity index (χ1n) is 4.91. The fourth-order valence-corrected chi connectivity index (χ4v) is 4.93. The van der Waals surface area contributed by atoms with Crippen LogP contribution in [0.15, 0.2) is 14.1 Å². The average Bonchev–Trinajstić information content (AvgIpc) is 2.59. The summed E-state index contributed by atoms with van der Waals surface area (Å²) in [4.78, 5) is 0. The highest BCUT2D eigenvalue weighted by atomic mass is 79.9. The number of hydrogen-bond donors (Lipinski definition) is 0. The summed E-state index contributed by atoms with van der Waals surface area (Å²) in [5, 5.41) is 8.69. The van der Waals surface area contributed by atoms with Gasteiger partial charge in [0.05, 0.1) is 15.8 Å². The molecule has 1 aromatic rings. The van der Waals surface area contributed by atoms with Crippen LogP contribution in [0.2, 0.25) is 0 Å². The van der Waals surface area contributed by atoms with Gasteiger partial charge in [0.15, 0.2) is 0 Å². The molecule has 0 saturated heterocycles. The van der Waals surface area contributed by atoms with E-state index in [2.05, 4.69) is 15.9 Å². The van der Waals surface area contributed by atoms with Crippen LogP contribution in [0.3, 0.4) is 0 Å². The summed E-state index contributed by atoms with van der Waals surface area (Å²) in [5.41, 5.74) is 0.898. The van der Waals surface area contributed by atoms with E-state index in [-0.39, 0.29) is 12.5 Å². The normalized spacial score (nSPS) is 13.6. The Kier molecular flexibility index (Phi) is 4.72. The quantitative estimate of drug-likeness (QED) is 0.848. The summed E-state index contributed by atoms with van der Waals surface area (Å²) in [6, 6.07) is 3.66. The van der Waals surface area contributed by atoms with Crippen LogP contribution in [0.4, 0.5) is 0 Å². The second-order valence-electron chi connectivity index (χ2n) is 3.84. The first kappa shape index (κ1) is 14.6. The Morgan fingerprint density at radius 3 is 2.65 bits per heavy atom. The fraction of sp³-hybridized carbons (Fsp3) is 0.500. The van der Waals surface area contributed by atoms with Gasteiger partial charge >= 0.3 is 0 Å². The first-order chi connectivity index (χ1) is 7.78. The van der Waals surface area contributed by atoms with Gasteiger partial charge in [-0.1, -0.05) is 0 Å². The van der Waals surface area contributed by atoms with Gasteiger partial charge in [-0.3, -0.25) is 0 Å². The van der Waals surface area contributed by atoms with Crippen molar-refractivity contribution >= 4 is 37.3 Å². The number of sulfonamides is 1. The van der Waals surface area contributed by atoms with Crippen molar-refractivity contribution in [2.75, 3.05) is 13.6 Å². The lowest BCUT2D eigenvalue weighted by Gasteiger charge is -2.16. The molecule has 0 saturated carbocycles. The number of nitrogens with zero attached hydrogens (tertiary/aromatic N) is 2. The van der Waals surface area contributed by atoms with Crippen molar-refractivity contribution in [3.63, 3.8) is 0 Å². The predicted molar refractivity (Wildman–Crippen MR) is 71.3 cm³/mol. The lowest BCUT2D eigenvalue weighted by Crippen LogP contribution is -2.30. The van der Waals surface area contributed by atoms with Gasteiger partial charge in [-0.2, -0.15) is 9.57 Å². The molecule has 0 bridgehead atoms. The molecular formula is C10H13BrN2O2S2. The van der Waals surface area contributed by atoms with E-state index in [4.69, 9.17) is 5.26 Å². The van der Waals surface area contributed by atoms with Crippen molar-refractivity contribution in [2.24, 2.45) is 5.92 Å². The number of rotatable bonds is 4. The molecule has 0 aliphatic carbocycles. The molecule has 94 valence electrons. The third-order valence-electron chi connectivity index (χ3n) is 2.25. The lowest BCUT2D eigenvalue weighted by atomic mass is 10.2. The van der Waals surface area contributed by atoms with Crippen LogP contribution < -0.4 is 0 Å². The number of hydrogen-bond acceptors (Lipinski definition) is 4. The van der Waals surface area contributed by atoms with Crippen LogP contribution in [-0.2, 0) is 10.0 Å². The van der Waals surface area contributed by atoms with E-state index < -0.39 is 10.0 Å². The van der Waals surface area contributed by atoms with Crippen LogP contribution in [0.1, 0.15) is 12.5 Å². The largest absolute Gasteiger partial charge is 0.252 e. The smallest absolute Gasteiger partial charge is 0.206 e. The summed E-state index contributed by atoms with van der Waals surface area (Å²) in [7, 11) is -1.98. The van der Waals surface area contributed by atoms with Gasteiger partial charge < -0.3 is 0 Å². The van der Waals surface area contributed by atoms with Gasteiger partial charge in [0.25, 0.3) is 10.0 Å². The molecule has 0 amide bonds. The minimum absolute atomic E-state index is 0.202. The summed E-state index contributed by atoms with van der Waals surface area (Å²) in [6.07, 6.45) is 0. The number of nitriles is 1. The highest BCUT2D eigenvalue weighted by molar-refractivity contribution is 9.11. The van der Waals surface area contributed by atoms with Crippen LogP contribution in [0.5, 0.6) is 0 Å². The highest BCUT2D eigenvalue weighted by Crippen LogP contribution is 2.32. The van der Waals surface area contributed by atoms with E-state index >= 15 is 0 Å². The Hall–Kier alpha value is -0.420. The maximum absolute atomic E-state index is 12.2. The third-order valence-corrected chi connectivity index (χ3v) is 6.66. The van der Waals surface area contributed by atoms with Crippen molar-refractivity contribution in [3.05, 3.63) is 15.4 Å². The summed E-state index contributed by atoms with van der Waals surface area (Å²) in [5.74, 6) is -0.320. The molecule has 0 spiro atoms. The molecule has 1 atom stereocenters. The zero-order valence-corrected chi connectivity index (χ0v) is 13.0. The van der Waals surface area contributed by atoms with Crippen LogP contribution in [-0.4, -0.2) is 26.3 Å². The second-order valence-corrected chi connectivity index (χ2v) is 8.48. The molecule has 4 nitrogen and oxygen atoms in total. The van der Waals surface area contributed by atoms with Crippen molar-refractivity contribution in [1.82, 2.24) is 4.31 Å². The number of aryl methyl sites for hydroxylation is 1. The Labute approximate surface area is 114 Å². The maximum atomic E-state index is 12.2. The molecule has 1 heterocycles. The SMILES string of the molecule is Cc1cc(S(=O)(=O)N(C)CC(C)C#N)sc1Br. The minimum Gasteiger partial charge on any atom is -0.206 e. The standard InChI is InChI=1S/C10H13BrN2O2S2/c1-7(5-12)6-13(3)17(14,15)9-4-8(2)10(11)16-9/h4,7H,6H2,1-3H3. The van der Waals surface area contributed by atoms with Gasteiger partial charge in [-0.05, 0) is 41.4 Å². The van der Waals surface area contributed by atoms with Gasteiger partial charge in [0.1, 0.15) is 4.21 Å². The molecular weight excluding hydrogens is 324 g/mol. The zero-order valence-electron chi connectivity index (χ0n) is 9.77. The molecule has 1 unspecified atom stereocenters. The van der Waals surface area contributed by atoms with Crippen molar-refractivity contribution < 1.29 is 8.42 Å². The van der Waals surface area contributed by atoms with Crippen LogP contribution in [0.25, 0.3) is 0 Å². The van der Waals surface area contributed by atoms with Gasteiger partial charge in [-0.25, -0.2) is 8.42 Å². The van der Waals surface area contributed by atoms with E-state index in [0.717, 1.165) is 9.35 Å². The van der Waals surface area contributed by atoms with Gasteiger partial charge in [0, 0.05) is 13.6 Å². The van der Waals surface area contributed by atoms with Crippen LogP contribution >= 0.6 is 27.3 Å². The monoisotopic (exact) mass is 336 g/mol. The van der Waals surface area contributed by atoms with E-state index in [0.29, 0.717) is 4.21 Å². The van der Waals surface area contributed by atoms with E-state index in [1.807, 2.05) is 13.0 Å². The number of thiophene rings is 1. The molecule has 1 rings (SSSR count). The topological polar surface area (TPSA) is 61.2 Å². The maximum Gasteiger partial charge on any atom is 0.252 e. The molecule has 0 fully saturated rings. The molecule has 1 aromatic heterocycles. The Bertz CT molecular complexity index is 526. The van der Waals surface area contributed by atoms with E-state index in [1.54, 1.807) is 13.0 Å². The molecule has 0 radical (unpaired) electrons. The van der Waals surface area contributed by atoms with E-state index in [1.165, 1.54) is 22.7 Å². The first-order valence-corrected chi connectivity index (χ1v) is 7.96. The second kappa shape index (κ2) is 5.48. The van der Waals surface area contributed by atoms with Crippen molar-refractivity contribution in [2.45, 2.75) is 18.1 Å². The predicted octanol–water partition coefficient (Wildman–Crippen LogP) is 2.60. The molecule has 0 N–H and O–H groups in total. The summed E-state index contributed by atoms with van der Waals surface area (Å²) < 4.78 is 26.6. The molecule has 0 aromatic carbocycles. The summed E-state index contributed by atoms with van der Waals surface area (Å²) >= 11 is 4.49. The Morgan fingerprint density at radius 1 is 1.65 bits per heavy atom. The van der Waals surface area contributed by atoms with Gasteiger partial charge in [0.2, 0.25) is 0 Å². The zero-order chi connectivity index (χ0) is 13.2. The summed E-state index contributed by atoms with van der Waals surface area (Å²) in [6.45, 7) is 3.74. The Morgan fingerprint density at radius 2 is 2.24 bits per heavy atom. The fourth-order valence-electron chi connectivity index (χ4n) is 1.24. The van der Waals surface area contributed by atoms with E-state index in [9.17, 15) is 8.42 Å². The average molecular weight is 337 g/mol. The number of halogens is 1.